The molecular formula is C16H22N2O2. The third-order valence-electron chi connectivity index (χ3n) is 3.55. The molecule has 0 N–H and O–H groups in total. The largest absolute Gasteiger partial charge is 0.365 e. The Morgan fingerprint density at radius 2 is 2.05 bits per heavy atom. The summed E-state index contributed by atoms with van der Waals surface area (Å²) in [5.74, 6) is 0.0228. The summed E-state index contributed by atoms with van der Waals surface area (Å²) in [4.78, 5) is 19.1. The summed E-state index contributed by atoms with van der Waals surface area (Å²) in [6.07, 6.45) is 4.41. The van der Waals surface area contributed by atoms with Gasteiger partial charge in [-0.25, -0.2) is 4.79 Å². The molecule has 2 rings (SSSR count). The van der Waals surface area contributed by atoms with Crippen LogP contribution < -0.4 is 0 Å². The zero-order valence-electron chi connectivity index (χ0n) is 12.2. The second-order valence-corrected chi connectivity index (χ2v) is 5.53. The number of benzene rings is 1. The van der Waals surface area contributed by atoms with E-state index in [4.69, 9.17) is 4.84 Å². The van der Waals surface area contributed by atoms with E-state index in [0.717, 1.165) is 31.5 Å². The second-order valence-electron chi connectivity index (χ2n) is 5.53. The molecule has 0 bridgehead atoms. The lowest BCUT2D eigenvalue weighted by molar-refractivity contribution is 0.0511. The normalized spacial score (nSPS) is 21.1. The lowest BCUT2D eigenvalue weighted by atomic mass is 9.87. The third-order valence-corrected chi connectivity index (χ3v) is 3.55. The molecule has 4 heteroatoms. The molecule has 1 aromatic carbocycles. The van der Waals surface area contributed by atoms with Crippen LogP contribution in [-0.4, -0.2) is 37.2 Å². The lowest BCUT2D eigenvalue weighted by Crippen LogP contribution is -2.30. The summed E-state index contributed by atoms with van der Waals surface area (Å²) in [5.41, 5.74) is 1.56. The number of nitrogens with zero attached hydrogens (tertiary/aromatic N) is 2. The maximum Gasteiger partial charge on any atom is 0.365 e. The SMILES string of the molecule is CN(C)C[C@H]1CCCC/C1=N/OC(=O)c1ccccc1. The van der Waals surface area contributed by atoms with Crippen LogP contribution in [0.1, 0.15) is 36.0 Å². The molecule has 1 aliphatic carbocycles. The average Bonchev–Trinajstić information content (AvgIpc) is 2.46. The quantitative estimate of drug-likeness (QED) is 0.626. The van der Waals surface area contributed by atoms with E-state index in [9.17, 15) is 4.79 Å². The molecule has 1 aliphatic rings. The van der Waals surface area contributed by atoms with Crippen molar-refractivity contribution in [3.63, 3.8) is 0 Å². The van der Waals surface area contributed by atoms with Crippen molar-refractivity contribution in [3.8, 4) is 0 Å². The van der Waals surface area contributed by atoms with Crippen molar-refractivity contribution in [1.29, 1.82) is 0 Å². The van der Waals surface area contributed by atoms with Gasteiger partial charge < -0.3 is 9.74 Å². The summed E-state index contributed by atoms with van der Waals surface area (Å²) >= 11 is 0. The van der Waals surface area contributed by atoms with Gasteiger partial charge in [-0.2, -0.15) is 0 Å². The molecule has 0 aromatic heterocycles. The van der Waals surface area contributed by atoms with Gasteiger partial charge in [0.15, 0.2) is 0 Å². The number of oxime groups is 1. The highest BCUT2D eigenvalue weighted by molar-refractivity contribution is 5.91. The Bertz CT molecular complexity index is 469. The van der Waals surface area contributed by atoms with Gasteiger partial charge in [-0.15, -0.1) is 0 Å². The van der Waals surface area contributed by atoms with Crippen molar-refractivity contribution in [1.82, 2.24) is 4.90 Å². The van der Waals surface area contributed by atoms with E-state index in [-0.39, 0.29) is 5.97 Å². The molecule has 0 spiro atoms. The van der Waals surface area contributed by atoms with Gasteiger partial charge in [0.25, 0.3) is 0 Å². The Kier molecular flexibility index (Phi) is 5.30. The maximum atomic E-state index is 11.9. The van der Waals surface area contributed by atoms with Gasteiger partial charge in [0.05, 0.1) is 11.3 Å². The number of carbonyl (C=O) groups excluding carboxylic acids is 1. The van der Waals surface area contributed by atoms with E-state index >= 15 is 0 Å². The Hall–Kier alpha value is -1.68. The number of hydrogen-bond donors (Lipinski definition) is 0. The van der Waals surface area contributed by atoms with Gasteiger partial charge in [-0.1, -0.05) is 29.8 Å². The van der Waals surface area contributed by atoms with E-state index in [1.54, 1.807) is 12.1 Å². The topological polar surface area (TPSA) is 41.9 Å². The van der Waals surface area contributed by atoms with E-state index in [2.05, 4.69) is 24.2 Å². The first-order valence-electron chi connectivity index (χ1n) is 7.14. The molecule has 0 amide bonds. The smallest absolute Gasteiger partial charge is 0.313 e. The van der Waals surface area contributed by atoms with E-state index < -0.39 is 0 Å². The summed E-state index contributed by atoms with van der Waals surface area (Å²) in [6, 6.07) is 8.98. The first-order chi connectivity index (χ1) is 9.66. The minimum atomic E-state index is -0.382. The number of carbonyl (C=O) groups is 1. The highest BCUT2D eigenvalue weighted by atomic mass is 16.7. The van der Waals surface area contributed by atoms with Crippen molar-refractivity contribution >= 4 is 11.7 Å². The summed E-state index contributed by atoms with van der Waals surface area (Å²) < 4.78 is 0. The number of hydrogen-bond acceptors (Lipinski definition) is 4. The molecule has 1 saturated carbocycles. The summed E-state index contributed by atoms with van der Waals surface area (Å²) in [5, 5.41) is 4.13. The van der Waals surface area contributed by atoms with Crippen molar-refractivity contribution in [2.24, 2.45) is 11.1 Å². The minimum absolute atomic E-state index is 0.382. The fraction of sp³-hybridized carbons (Fsp3) is 0.500. The third kappa shape index (κ3) is 4.17. The molecular weight excluding hydrogens is 252 g/mol. The van der Waals surface area contributed by atoms with E-state index in [0.29, 0.717) is 11.5 Å². The van der Waals surface area contributed by atoms with Crippen molar-refractivity contribution in [3.05, 3.63) is 35.9 Å². The van der Waals surface area contributed by atoms with E-state index in [1.807, 2.05) is 18.2 Å². The van der Waals surface area contributed by atoms with Gasteiger partial charge in [0, 0.05) is 12.5 Å². The van der Waals surface area contributed by atoms with Crippen LogP contribution in [0.5, 0.6) is 0 Å². The second kappa shape index (κ2) is 7.20. The van der Waals surface area contributed by atoms with Crippen LogP contribution in [0.3, 0.4) is 0 Å². The molecule has 1 atom stereocenters. The molecule has 1 aromatic rings. The zero-order valence-corrected chi connectivity index (χ0v) is 12.2. The van der Waals surface area contributed by atoms with Crippen LogP contribution in [0.15, 0.2) is 35.5 Å². The van der Waals surface area contributed by atoms with Gasteiger partial charge in [-0.3, -0.25) is 0 Å². The van der Waals surface area contributed by atoms with Crippen LogP contribution in [0, 0.1) is 5.92 Å². The van der Waals surface area contributed by atoms with E-state index in [1.165, 1.54) is 6.42 Å². The summed E-state index contributed by atoms with van der Waals surface area (Å²) in [6.45, 7) is 0.960. The molecule has 1 fully saturated rings. The van der Waals surface area contributed by atoms with Gasteiger partial charge >= 0.3 is 5.97 Å². The number of rotatable bonds is 4. The molecule has 0 aliphatic heterocycles. The van der Waals surface area contributed by atoms with Crippen LogP contribution in [0.4, 0.5) is 0 Å². The van der Waals surface area contributed by atoms with Crippen LogP contribution in [0.2, 0.25) is 0 Å². The van der Waals surface area contributed by atoms with Gasteiger partial charge in [-0.05, 0) is 45.5 Å². The van der Waals surface area contributed by atoms with Crippen molar-refractivity contribution < 1.29 is 9.63 Å². The zero-order chi connectivity index (χ0) is 14.4. The van der Waals surface area contributed by atoms with Crippen LogP contribution in [0.25, 0.3) is 0 Å². The Labute approximate surface area is 120 Å². The predicted octanol–water partition coefficient (Wildman–Crippen LogP) is 2.95. The molecule has 108 valence electrons. The molecule has 0 radical (unpaired) electrons. The molecule has 0 saturated heterocycles. The molecule has 20 heavy (non-hydrogen) atoms. The Balaban J connectivity index is 1.99. The fourth-order valence-electron chi connectivity index (χ4n) is 2.55. The Morgan fingerprint density at radius 1 is 1.30 bits per heavy atom. The Morgan fingerprint density at radius 3 is 2.75 bits per heavy atom. The van der Waals surface area contributed by atoms with Gasteiger partial charge in [0.1, 0.15) is 0 Å². The maximum absolute atomic E-state index is 11.9. The average molecular weight is 274 g/mol. The first kappa shape index (κ1) is 14.7. The van der Waals surface area contributed by atoms with Crippen molar-refractivity contribution in [2.45, 2.75) is 25.7 Å². The van der Waals surface area contributed by atoms with Gasteiger partial charge in [0.2, 0.25) is 0 Å². The highest BCUT2D eigenvalue weighted by Crippen LogP contribution is 2.22. The monoisotopic (exact) mass is 274 g/mol. The molecule has 0 unspecified atom stereocenters. The van der Waals surface area contributed by atoms with Crippen molar-refractivity contribution in [2.75, 3.05) is 20.6 Å². The van der Waals surface area contributed by atoms with Crippen LogP contribution in [-0.2, 0) is 4.84 Å². The highest BCUT2D eigenvalue weighted by Gasteiger charge is 2.22. The summed E-state index contributed by atoms with van der Waals surface area (Å²) in [7, 11) is 4.12. The van der Waals surface area contributed by atoms with Crippen LogP contribution >= 0.6 is 0 Å². The predicted molar refractivity (Wildman–Crippen MR) is 79.8 cm³/mol. The molecule has 0 heterocycles. The fourth-order valence-corrected chi connectivity index (χ4v) is 2.55. The minimum Gasteiger partial charge on any atom is -0.313 e. The standard InChI is InChI=1S/C16H22N2O2/c1-18(2)12-14-10-6-7-11-15(14)17-20-16(19)13-8-4-3-5-9-13/h3-5,8-9,14H,6-7,10-12H2,1-2H3/b17-15-/t14-/m1/s1. The lowest BCUT2D eigenvalue weighted by Gasteiger charge is -2.25. The molecule has 4 nitrogen and oxygen atoms in total. The first-order valence-corrected chi connectivity index (χ1v) is 7.14.